The molecular formula is C16H11F2N3O4. The topological polar surface area (TPSA) is 87.3 Å². The standard InChI is InChI=1S/C16H11F2N3O4/c1-20-15(8-25-14-5-2-9(17)6-12(14)18)19-13-7-10(21(23)24)3-4-11(13)16(20)22/h2-7H,8H2,1H3. The lowest BCUT2D eigenvalue weighted by Gasteiger charge is -2.11. The van der Waals surface area contributed by atoms with Crippen molar-refractivity contribution in [3.8, 4) is 5.75 Å². The van der Waals surface area contributed by atoms with Crippen LogP contribution in [0.15, 0.2) is 41.2 Å². The minimum atomic E-state index is -0.888. The Morgan fingerprint density at radius 3 is 2.68 bits per heavy atom. The molecule has 0 unspecified atom stereocenters. The van der Waals surface area contributed by atoms with Crippen molar-refractivity contribution in [1.82, 2.24) is 9.55 Å². The molecule has 1 aromatic heterocycles. The fourth-order valence-electron chi connectivity index (χ4n) is 2.28. The van der Waals surface area contributed by atoms with Gasteiger partial charge in [-0.2, -0.15) is 0 Å². The Hall–Kier alpha value is -3.36. The van der Waals surface area contributed by atoms with Gasteiger partial charge in [-0.25, -0.2) is 13.8 Å². The number of rotatable bonds is 4. The van der Waals surface area contributed by atoms with E-state index in [4.69, 9.17) is 4.74 Å². The first-order chi connectivity index (χ1) is 11.9. The van der Waals surface area contributed by atoms with E-state index in [0.29, 0.717) is 6.07 Å². The van der Waals surface area contributed by atoms with E-state index >= 15 is 0 Å². The summed E-state index contributed by atoms with van der Waals surface area (Å²) in [6.07, 6.45) is 0. The second-order valence-corrected chi connectivity index (χ2v) is 5.21. The van der Waals surface area contributed by atoms with E-state index in [-0.39, 0.29) is 34.8 Å². The van der Waals surface area contributed by atoms with Gasteiger partial charge in [-0.15, -0.1) is 0 Å². The Morgan fingerprint density at radius 1 is 1.24 bits per heavy atom. The summed E-state index contributed by atoms with van der Waals surface area (Å²) in [5, 5.41) is 11.1. The van der Waals surface area contributed by atoms with Crippen molar-refractivity contribution in [2.75, 3.05) is 0 Å². The molecule has 0 aliphatic rings. The molecule has 25 heavy (non-hydrogen) atoms. The summed E-state index contributed by atoms with van der Waals surface area (Å²) >= 11 is 0. The fourth-order valence-corrected chi connectivity index (χ4v) is 2.28. The smallest absolute Gasteiger partial charge is 0.271 e. The van der Waals surface area contributed by atoms with Gasteiger partial charge in [0.2, 0.25) is 0 Å². The van der Waals surface area contributed by atoms with Crippen LogP contribution in [-0.4, -0.2) is 14.5 Å². The van der Waals surface area contributed by atoms with E-state index in [2.05, 4.69) is 4.98 Å². The van der Waals surface area contributed by atoms with Gasteiger partial charge in [-0.3, -0.25) is 19.5 Å². The third kappa shape index (κ3) is 3.16. The fraction of sp³-hybridized carbons (Fsp3) is 0.125. The van der Waals surface area contributed by atoms with E-state index < -0.39 is 22.1 Å². The number of ether oxygens (including phenoxy) is 1. The van der Waals surface area contributed by atoms with E-state index in [1.807, 2.05) is 0 Å². The first-order valence-electron chi connectivity index (χ1n) is 7.08. The summed E-state index contributed by atoms with van der Waals surface area (Å²) in [6, 6.07) is 6.55. The van der Waals surface area contributed by atoms with Gasteiger partial charge in [0.1, 0.15) is 18.2 Å². The van der Waals surface area contributed by atoms with Gasteiger partial charge >= 0.3 is 0 Å². The van der Waals surface area contributed by atoms with Crippen molar-refractivity contribution in [3.63, 3.8) is 0 Å². The van der Waals surface area contributed by atoms with Crippen LogP contribution in [0.3, 0.4) is 0 Å². The number of nitro groups is 1. The van der Waals surface area contributed by atoms with Gasteiger partial charge in [0, 0.05) is 25.2 Å². The molecular weight excluding hydrogens is 336 g/mol. The molecule has 0 radical (unpaired) electrons. The number of benzene rings is 2. The summed E-state index contributed by atoms with van der Waals surface area (Å²) < 4.78 is 32.9. The monoisotopic (exact) mass is 347 g/mol. The molecule has 3 rings (SSSR count). The van der Waals surface area contributed by atoms with Gasteiger partial charge in [-0.05, 0) is 18.2 Å². The molecule has 0 fully saturated rings. The second kappa shape index (κ2) is 6.27. The zero-order chi connectivity index (χ0) is 18.1. The Balaban J connectivity index is 1.99. The van der Waals surface area contributed by atoms with Gasteiger partial charge in [-0.1, -0.05) is 0 Å². The van der Waals surface area contributed by atoms with Gasteiger partial charge in [0.25, 0.3) is 11.2 Å². The number of fused-ring (bicyclic) bond motifs is 1. The van der Waals surface area contributed by atoms with E-state index in [0.717, 1.165) is 12.1 Å². The molecule has 2 aromatic carbocycles. The van der Waals surface area contributed by atoms with Crippen LogP contribution in [0.5, 0.6) is 5.75 Å². The van der Waals surface area contributed by atoms with Gasteiger partial charge in [0.15, 0.2) is 11.6 Å². The molecule has 0 aliphatic heterocycles. The molecule has 0 saturated carbocycles. The Bertz CT molecular complexity index is 1050. The first-order valence-corrected chi connectivity index (χ1v) is 7.08. The molecule has 0 bridgehead atoms. The van der Waals surface area contributed by atoms with Crippen LogP contribution in [-0.2, 0) is 13.7 Å². The van der Waals surface area contributed by atoms with Gasteiger partial charge in [0.05, 0.1) is 15.8 Å². The zero-order valence-corrected chi connectivity index (χ0v) is 12.9. The first kappa shape index (κ1) is 16.5. The molecule has 0 N–H and O–H groups in total. The number of aromatic nitrogens is 2. The highest BCUT2D eigenvalue weighted by Gasteiger charge is 2.14. The molecule has 0 spiro atoms. The summed E-state index contributed by atoms with van der Waals surface area (Å²) in [4.78, 5) is 26.8. The molecule has 0 saturated heterocycles. The normalized spacial score (nSPS) is 10.8. The lowest BCUT2D eigenvalue weighted by molar-refractivity contribution is -0.384. The van der Waals surface area contributed by atoms with Crippen LogP contribution in [0.4, 0.5) is 14.5 Å². The van der Waals surface area contributed by atoms with Crippen LogP contribution in [0.2, 0.25) is 0 Å². The predicted molar refractivity (Wildman–Crippen MR) is 84.3 cm³/mol. The number of halogens is 2. The van der Waals surface area contributed by atoms with Crippen molar-refractivity contribution < 1.29 is 18.4 Å². The lowest BCUT2D eigenvalue weighted by Crippen LogP contribution is -2.23. The molecule has 0 atom stereocenters. The highest BCUT2D eigenvalue weighted by atomic mass is 19.1. The van der Waals surface area contributed by atoms with Crippen molar-refractivity contribution in [1.29, 1.82) is 0 Å². The third-order valence-electron chi connectivity index (χ3n) is 3.61. The molecule has 9 heteroatoms. The highest BCUT2D eigenvalue weighted by Crippen LogP contribution is 2.20. The quantitative estimate of drug-likeness (QED) is 0.535. The molecule has 0 amide bonds. The maximum atomic E-state index is 13.6. The predicted octanol–water partition coefficient (Wildman–Crippen LogP) is 2.70. The lowest BCUT2D eigenvalue weighted by atomic mass is 10.2. The summed E-state index contributed by atoms with van der Waals surface area (Å²) in [7, 11) is 1.45. The highest BCUT2D eigenvalue weighted by molar-refractivity contribution is 5.80. The number of hydrogen-bond acceptors (Lipinski definition) is 5. The van der Waals surface area contributed by atoms with Crippen molar-refractivity contribution in [3.05, 3.63) is 74.3 Å². The van der Waals surface area contributed by atoms with E-state index in [9.17, 15) is 23.7 Å². The Labute approximate surface area is 139 Å². The molecule has 7 nitrogen and oxygen atoms in total. The van der Waals surface area contributed by atoms with Crippen molar-refractivity contribution >= 4 is 16.6 Å². The molecule has 3 aromatic rings. The number of nitrogens with zero attached hydrogens (tertiary/aromatic N) is 3. The number of nitro benzene ring substituents is 1. The largest absolute Gasteiger partial charge is 0.483 e. The average molecular weight is 347 g/mol. The molecule has 1 heterocycles. The number of non-ortho nitro benzene ring substituents is 1. The maximum Gasteiger partial charge on any atom is 0.271 e. The van der Waals surface area contributed by atoms with Gasteiger partial charge < -0.3 is 4.74 Å². The van der Waals surface area contributed by atoms with Crippen LogP contribution in [0, 0.1) is 21.7 Å². The SMILES string of the molecule is Cn1c(COc2ccc(F)cc2F)nc2cc([N+](=O)[O-])ccc2c1=O. The maximum absolute atomic E-state index is 13.6. The van der Waals surface area contributed by atoms with Crippen LogP contribution in [0.1, 0.15) is 5.82 Å². The summed E-state index contributed by atoms with van der Waals surface area (Å²) in [6.45, 7) is -0.271. The molecule has 0 aliphatic carbocycles. The Morgan fingerprint density at radius 2 is 2.00 bits per heavy atom. The zero-order valence-electron chi connectivity index (χ0n) is 12.9. The minimum Gasteiger partial charge on any atom is -0.483 e. The summed E-state index contributed by atoms with van der Waals surface area (Å²) in [5.41, 5.74) is -0.488. The van der Waals surface area contributed by atoms with E-state index in [1.54, 1.807) is 0 Å². The van der Waals surface area contributed by atoms with Crippen LogP contribution >= 0.6 is 0 Å². The number of hydrogen-bond donors (Lipinski definition) is 0. The van der Waals surface area contributed by atoms with Crippen LogP contribution in [0.25, 0.3) is 10.9 Å². The average Bonchev–Trinajstić information content (AvgIpc) is 2.57. The van der Waals surface area contributed by atoms with Crippen molar-refractivity contribution in [2.45, 2.75) is 6.61 Å². The third-order valence-corrected chi connectivity index (χ3v) is 3.61. The summed E-state index contributed by atoms with van der Waals surface area (Å²) in [5.74, 6) is -1.69. The van der Waals surface area contributed by atoms with Crippen LogP contribution < -0.4 is 10.3 Å². The molecule has 128 valence electrons. The van der Waals surface area contributed by atoms with Crippen molar-refractivity contribution in [2.24, 2.45) is 7.05 Å². The Kier molecular flexibility index (Phi) is 4.14. The minimum absolute atomic E-state index is 0.135. The second-order valence-electron chi connectivity index (χ2n) is 5.21. The van der Waals surface area contributed by atoms with E-state index in [1.165, 1.54) is 29.8 Å².